The first-order valence-electron chi connectivity index (χ1n) is 8.44. The molecule has 0 radical (unpaired) electrons. The summed E-state index contributed by atoms with van der Waals surface area (Å²) >= 11 is 0. The number of nitrogens with zero attached hydrogens (tertiary/aromatic N) is 1. The Bertz CT molecular complexity index is 987. The van der Waals surface area contributed by atoms with Crippen molar-refractivity contribution in [3.8, 4) is 0 Å². The van der Waals surface area contributed by atoms with Crippen LogP contribution in [0.25, 0.3) is 0 Å². The first kappa shape index (κ1) is 19.0. The van der Waals surface area contributed by atoms with E-state index in [0.717, 1.165) is 5.56 Å². The van der Waals surface area contributed by atoms with Crippen LogP contribution in [-0.4, -0.2) is 46.5 Å². The third-order valence-corrected chi connectivity index (χ3v) is 8.21. The van der Waals surface area contributed by atoms with Crippen LogP contribution in [0.15, 0.2) is 58.3 Å². The van der Waals surface area contributed by atoms with Gasteiger partial charge >= 0.3 is 0 Å². The fourth-order valence-corrected chi connectivity index (χ4v) is 6.23. The number of hydrogen-bond acceptors (Lipinski definition) is 5. The van der Waals surface area contributed by atoms with Gasteiger partial charge in [0, 0.05) is 19.6 Å². The molecule has 1 heterocycles. The van der Waals surface area contributed by atoms with Crippen LogP contribution in [0.4, 0.5) is 0 Å². The average molecular weight is 395 g/mol. The minimum atomic E-state index is -3.82. The van der Waals surface area contributed by atoms with Gasteiger partial charge in [-0.1, -0.05) is 36.4 Å². The van der Waals surface area contributed by atoms with Gasteiger partial charge in [0.1, 0.15) is 0 Å². The predicted molar refractivity (Wildman–Crippen MR) is 100 cm³/mol. The van der Waals surface area contributed by atoms with Crippen molar-refractivity contribution < 1.29 is 16.8 Å². The number of sulfonamides is 1. The number of hydrogen-bond donors (Lipinski definition) is 1. The maximum Gasteiger partial charge on any atom is 0.243 e. The van der Waals surface area contributed by atoms with Gasteiger partial charge in [0.2, 0.25) is 10.0 Å². The monoisotopic (exact) mass is 394 g/mol. The van der Waals surface area contributed by atoms with Crippen molar-refractivity contribution in [2.75, 3.05) is 25.4 Å². The molecule has 2 aromatic rings. The molecule has 0 aliphatic carbocycles. The summed E-state index contributed by atoms with van der Waals surface area (Å²) in [4.78, 5) is 0.137. The van der Waals surface area contributed by atoms with Gasteiger partial charge in [-0.25, -0.2) is 16.8 Å². The van der Waals surface area contributed by atoms with Crippen molar-refractivity contribution >= 4 is 19.9 Å². The van der Waals surface area contributed by atoms with Gasteiger partial charge in [-0.05, 0) is 36.1 Å². The maximum absolute atomic E-state index is 13.0. The molecule has 3 rings (SSSR count). The van der Waals surface area contributed by atoms with E-state index in [1.807, 2.05) is 30.3 Å². The van der Waals surface area contributed by atoms with Gasteiger partial charge in [0.15, 0.2) is 9.84 Å². The third kappa shape index (κ3) is 3.83. The highest BCUT2D eigenvalue weighted by Gasteiger charge is 2.30. The Morgan fingerprint density at radius 3 is 2.46 bits per heavy atom. The summed E-state index contributed by atoms with van der Waals surface area (Å²) in [6.07, 6.45) is 0.988. The third-order valence-electron chi connectivity index (χ3n) is 4.52. The van der Waals surface area contributed by atoms with Gasteiger partial charge < -0.3 is 5.73 Å². The Morgan fingerprint density at radius 1 is 1.04 bits per heavy atom. The summed E-state index contributed by atoms with van der Waals surface area (Å²) in [6, 6.07) is 14.0. The minimum Gasteiger partial charge on any atom is -0.329 e. The Labute approximate surface area is 154 Å². The topological polar surface area (TPSA) is 97.5 Å². The second-order valence-corrected chi connectivity index (χ2v) is 10.3. The molecule has 26 heavy (non-hydrogen) atoms. The summed E-state index contributed by atoms with van der Waals surface area (Å²) in [5.74, 6) is 0.0341. The van der Waals surface area contributed by atoms with E-state index < -0.39 is 19.9 Å². The van der Waals surface area contributed by atoms with Crippen molar-refractivity contribution in [3.05, 3.63) is 59.7 Å². The van der Waals surface area contributed by atoms with Crippen LogP contribution in [0.1, 0.15) is 11.1 Å². The molecule has 1 aliphatic heterocycles. The predicted octanol–water partition coefficient (Wildman–Crippen LogP) is 1.21. The van der Waals surface area contributed by atoms with Crippen molar-refractivity contribution in [3.63, 3.8) is 0 Å². The van der Waals surface area contributed by atoms with Crippen LogP contribution in [0, 0.1) is 0 Å². The lowest BCUT2D eigenvalue weighted by Gasteiger charge is -2.22. The highest BCUT2D eigenvalue weighted by Crippen LogP contribution is 2.29. The second-order valence-electron chi connectivity index (χ2n) is 6.27. The van der Waals surface area contributed by atoms with Gasteiger partial charge in [0.25, 0.3) is 0 Å². The fraction of sp³-hybridized carbons (Fsp3) is 0.333. The highest BCUT2D eigenvalue weighted by atomic mass is 32.2. The van der Waals surface area contributed by atoms with E-state index in [2.05, 4.69) is 0 Å². The molecule has 0 saturated heterocycles. The van der Waals surface area contributed by atoms with Crippen LogP contribution in [0.3, 0.4) is 0 Å². The number of benzene rings is 2. The van der Waals surface area contributed by atoms with Crippen molar-refractivity contribution in [2.45, 2.75) is 22.6 Å². The molecule has 2 N–H and O–H groups in total. The zero-order valence-corrected chi connectivity index (χ0v) is 16.0. The molecule has 6 nitrogen and oxygen atoms in total. The molecular weight excluding hydrogens is 372 g/mol. The smallest absolute Gasteiger partial charge is 0.243 e. The standard InChI is InChI=1S/C18H22N2O4S2/c19-10-12-20(11-8-15-4-2-1-3-5-15)26(23,24)17-7-6-16-9-13-25(21,22)18(16)14-17/h1-7,14H,8-13,19H2. The molecule has 0 amide bonds. The number of sulfone groups is 1. The molecule has 8 heteroatoms. The molecule has 0 atom stereocenters. The van der Waals surface area contributed by atoms with Gasteiger partial charge in [-0.3, -0.25) is 0 Å². The second kappa shape index (κ2) is 7.48. The van der Waals surface area contributed by atoms with Crippen molar-refractivity contribution in [2.24, 2.45) is 5.73 Å². The van der Waals surface area contributed by atoms with Crippen LogP contribution < -0.4 is 5.73 Å². The lowest BCUT2D eigenvalue weighted by Crippen LogP contribution is -2.37. The molecule has 2 aromatic carbocycles. The summed E-state index contributed by atoms with van der Waals surface area (Å²) in [5, 5.41) is 0. The maximum atomic E-state index is 13.0. The number of aryl methyl sites for hydroxylation is 1. The summed E-state index contributed by atoms with van der Waals surface area (Å²) in [7, 11) is -7.21. The first-order valence-corrected chi connectivity index (χ1v) is 11.5. The Balaban J connectivity index is 1.89. The molecule has 0 bridgehead atoms. The van der Waals surface area contributed by atoms with Crippen LogP contribution in [0.2, 0.25) is 0 Å². The normalized spacial score (nSPS) is 15.9. The van der Waals surface area contributed by atoms with Crippen LogP contribution in [-0.2, 0) is 32.7 Å². The molecule has 1 aliphatic rings. The van der Waals surface area contributed by atoms with E-state index in [1.165, 1.54) is 16.4 Å². The van der Waals surface area contributed by atoms with Crippen LogP contribution >= 0.6 is 0 Å². The van der Waals surface area contributed by atoms with Crippen molar-refractivity contribution in [1.29, 1.82) is 0 Å². The van der Waals surface area contributed by atoms with E-state index in [0.29, 0.717) is 18.4 Å². The summed E-state index contributed by atoms with van der Waals surface area (Å²) in [6.45, 7) is 0.656. The van der Waals surface area contributed by atoms with Crippen molar-refractivity contribution in [1.82, 2.24) is 4.31 Å². The zero-order chi connectivity index (χ0) is 18.8. The summed E-state index contributed by atoms with van der Waals surface area (Å²) < 4.78 is 51.6. The number of fused-ring (bicyclic) bond motifs is 1. The van der Waals surface area contributed by atoms with E-state index in [9.17, 15) is 16.8 Å². The lowest BCUT2D eigenvalue weighted by atomic mass is 10.1. The Kier molecular flexibility index (Phi) is 5.47. The molecule has 0 unspecified atom stereocenters. The molecule has 0 saturated carbocycles. The quantitative estimate of drug-likeness (QED) is 0.761. The number of nitrogens with two attached hydrogens (primary N) is 1. The lowest BCUT2D eigenvalue weighted by molar-refractivity contribution is 0.421. The number of rotatable bonds is 7. The molecule has 0 fully saturated rings. The van der Waals surface area contributed by atoms with E-state index >= 15 is 0 Å². The SMILES string of the molecule is NCCN(CCc1ccccc1)S(=O)(=O)c1ccc2c(c1)S(=O)(=O)CC2. The fourth-order valence-electron chi connectivity index (χ4n) is 3.09. The van der Waals surface area contributed by atoms with E-state index in [-0.39, 0.29) is 35.2 Å². The van der Waals surface area contributed by atoms with Gasteiger partial charge in [-0.2, -0.15) is 4.31 Å². The molecule has 0 spiro atoms. The molecular formula is C18H22N2O4S2. The first-order chi connectivity index (χ1) is 12.3. The van der Waals surface area contributed by atoms with E-state index in [4.69, 9.17) is 5.73 Å². The largest absolute Gasteiger partial charge is 0.329 e. The van der Waals surface area contributed by atoms with Gasteiger partial charge in [-0.15, -0.1) is 0 Å². The molecule has 0 aromatic heterocycles. The average Bonchev–Trinajstić information content (AvgIpc) is 2.94. The zero-order valence-electron chi connectivity index (χ0n) is 14.3. The van der Waals surface area contributed by atoms with Crippen LogP contribution in [0.5, 0.6) is 0 Å². The Morgan fingerprint density at radius 2 is 1.77 bits per heavy atom. The summed E-state index contributed by atoms with van der Waals surface area (Å²) in [5.41, 5.74) is 7.31. The van der Waals surface area contributed by atoms with Gasteiger partial charge in [0.05, 0.1) is 15.5 Å². The Hall–Kier alpha value is -1.74. The molecule has 140 valence electrons. The minimum absolute atomic E-state index is 0.00300. The van der Waals surface area contributed by atoms with E-state index in [1.54, 1.807) is 6.07 Å². The highest BCUT2D eigenvalue weighted by molar-refractivity contribution is 7.92.